The number of rotatable bonds is 5. The summed E-state index contributed by atoms with van der Waals surface area (Å²) in [5, 5.41) is 1.55. The third-order valence-corrected chi connectivity index (χ3v) is 7.49. The van der Waals surface area contributed by atoms with Gasteiger partial charge in [-0.3, -0.25) is 19.3 Å². The van der Waals surface area contributed by atoms with Crippen LogP contribution < -0.4 is 4.90 Å². The first kappa shape index (κ1) is 24.9. The average Bonchev–Trinajstić information content (AvgIpc) is 2.89. The molecule has 3 amide bonds. The third-order valence-electron chi connectivity index (χ3n) is 6.80. The predicted molar refractivity (Wildman–Crippen MR) is 150 cm³/mol. The maximum atomic E-state index is 13.7. The number of anilines is 1. The van der Waals surface area contributed by atoms with E-state index in [1.54, 1.807) is 23.1 Å². The lowest BCUT2D eigenvalue weighted by Gasteiger charge is -2.30. The number of hydrogen-bond donors (Lipinski definition) is 0. The number of nitrogens with zero attached hydrogens (tertiary/aromatic N) is 2. The van der Waals surface area contributed by atoms with E-state index in [2.05, 4.69) is 36.7 Å². The molecule has 37 heavy (non-hydrogen) atoms. The molecule has 1 heterocycles. The van der Waals surface area contributed by atoms with Crippen LogP contribution in [0.25, 0.3) is 10.8 Å². The fraction of sp³-hybridized carbons (Fsp3) is 0.194. The summed E-state index contributed by atoms with van der Waals surface area (Å²) in [5.41, 5.74) is 3.34. The fourth-order valence-electron chi connectivity index (χ4n) is 4.75. The topological polar surface area (TPSA) is 57.7 Å². The Morgan fingerprint density at radius 1 is 0.811 bits per heavy atom. The van der Waals surface area contributed by atoms with Crippen molar-refractivity contribution in [2.75, 3.05) is 18.0 Å². The van der Waals surface area contributed by atoms with E-state index in [4.69, 9.17) is 0 Å². The molecule has 4 aromatic carbocycles. The largest absolute Gasteiger partial charge is 0.307 e. The molecule has 1 aliphatic rings. The van der Waals surface area contributed by atoms with Crippen LogP contribution in [0.3, 0.4) is 0 Å². The summed E-state index contributed by atoms with van der Waals surface area (Å²) in [6.07, 6.45) is 0. The molecular formula is C31H27BrN2O3. The van der Waals surface area contributed by atoms with Crippen LogP contribution in [0.15, 0.2) is 89.4 Å². The third kappa shape index (κ3) is 4.58. The van der Waals surface area contributed by atoms with E-state index in [1.807, 2.05) is 66.7 Å². The normalized spacial score (nSPS) is 13.2. The highest BCUT2D eigenvalue weighted by atomic mass is 79.9. The molecule has 0 aliphatic carbocycles. The van der Waals surface area contributed by atoms with Crippen molar-refractivity contribution in [1.82, 2.24) is 4.90 Å². The van der Waals surface area contributed by atoms with Crippen molar-refractivity contribution in [1.29, 1.82) is 0 Å². The number of carbonyl (C=O) groups is 3. The zero-order chi connectivity index (χ0) is 26.3. The average molecular weight is 555 g/mol. The second kappa shape index (κ2) is 9.60. The Labute approximate surface area is 224 Å². The van der Waals surface area contributed by atoms with Crippen LogP contribution in [0.4, 0.5) is 5.69 Å². The van der Waals surface area contributed by atoms with Gasteiger partial charge in [0.15, 0.2) is 0 Å². The van der Waals surface area contributed by atoms with Crippen LogP contribution in [-0.2, 0) is 5.41 Å². The zero-order valence-electron chi connectivity index (χ0n) is 21.0. The van der Waals surface area contributed by atoms with E-state index in [0.29, 0.717) is 32.2 Å². The Morgan fingerprint density at radius 2 is 1.41 bits per heavy atom. The summed E-state index contributed by atoms with van der Waals surface area (Å²) < 4.78 is 0.682. The molecule has 0 atom stereocenters. The summed E-state index contributed by atoms with van der Waals surface area (Å²) in [7, 11) is 0. The summed E-state index contributed by atoms with van der Waals surface area (Å²) in [6, 6.07) is 26.1. The molecule has 0 N–H and O–H groups in total. The second-order valence-corrected chi connectivity index (χ2v) is 11.1. The van der Waals surface area contributed by atoms with Crippen LogP contribution in [0.1, 0.15) is 57.4 Å². The molecular weight excluding hydrogens is 528 g/mol. The van der Waals surface area contributed by atoms with Gasteiger partial charge < -0.3 is 4.90 Å². The van der Waals surface area contributed by atoms with E-state index < -0.39 is 0 Å². The molecule has 6 heteroatoms. The van der Waals surface area contributed by atoms with Crippen LogP contribution in [0, 0.1) is 0 Å². The van der Waals surface area contributed by atoms with Gasteiger partial charge in [-0.1, -0.05) is 69.3 Å². The van der Waals surface area contributed by atoms with E-state index in [9.17, 15) is 14.4 Å². The van der Waals surface area contributed by atoms with E-state index in [1.165, 1.54) is 4.90 Å². The van der Waals surface area contributed by atoms with Gasteiger partial charge in [-0.15, -0.1) is 0 Å². The number of amides is 3. The molecule has 0 saturated heterocycles. The summed E-state index contributed by atoms with van der Waals surface area (Å²) >= 11 is 3.49. The van der Waals surface area contributed by atoms with Crippen LogP contribution in [0.5, 0.6) is 0 Å². The van der Waals surface area contributed by atoms with Crippen molar-refractivity contribution in [3.63, 3.8) is 0 Å². The minimum absolute atomic E-state index is 0.0309. The van der Waals surface area contributed by atoms with Gasteiger partial charge in [0.2, 0.25) is 0 Å². The fourth-order valence-corrected chi connectivity index (χ4v) is 5.21. The monoisotopic (exact) mass is 554 g/mol. The highest BCUT2D eigenvalue weighted by Crippen LogP contribution is 2.31. The summed E-state index contributed by atoms with van der Waals surface area (Å²) in [6.45, 7) is 6.64. The van der Waals surface area contributed by atoms with Gasteiger partial charge in [-0.2, -0.15) is 0 Å². The van der Waals surface area contributed by atoms with Gasteiger partial charge in [-0.25, -0.2) is 0 Å². The van der Waals surface area contributed by atoms with Crippen molar-refractivity contribution >= 4 is 50.1 Å². The smallest absolute Gasteiger partial charge is 0.261 e. The van der Waals surface area contributed by atoms with Gasteiger partial charge in [0.25, 0.3) is 17.7 Å². The van der Waals surface area contributed by atoms with Gasteiger partial charge in [-0.05, 0) is 68.7 Å². The maximum Gasteiger partial charge on any atom is 0.261 e. The number of imide groups is 1. The molecule has 0 radical (unpaired) electrons. The number of hydrogen-bond acceptors (Lipinski definition) is 3. The number of carbonyl (C=O) groups excluding carboxylic acids is 3. The molecule has 4 aromatic rings. The Bertz CT molecular complexity index is 1490. The van der Waals surface area contributed by atoms with Gasteiger partial charge in [0, 0.05) is 39.8 Å². The molecule has 0 aromatic heterocycles. The van der Waals surface area contributed by atoms with Crippen LogP contribution in [-0.4, -0.2) is 35.7 Å². The lowest BCUT2D eigenvalue weighted by atomic mass is 9.87. The quantitative estimate of drug-likeness (QED) is 0.253. The van der Waals surface area contributed by atoms with Crippen molar-refractivity contribution in [3.05, 3.63) is 112 Å². The molecule has 186 valence electrons. The van der Waals surface area contributed by atoms with Gasteiger partial charge in [0.05, 0.1) is 5.56 Å². The number of benzene rings is 4. The van der Waals surface area contributed by atoms with Crippen LogP contribution in [0.2, 0.25) is 0 Å². The Kier molecular flexibility index (Phi) is 6.46. The van der Waals surface area contributed by atoms with Crippen LogP contribution >= 0.6 is 15.9 Å². The number of halogens is 1. The molecule has 1 aliphatic heterocycles. The first-order chi connectivity index (χ1) is 17.7. The minimum Gasteiger partial charge on any atom is -0.307 e. The highest BCUT2D eigenvalue weighted by Gasteiger charge is 2.33. The Morgan fingerprint density at radius 3 is 1.97 bits per heavy atom. The molecule has 5 nitrogen and oxygen atoms in total. The standard InChI is InChI=1S/C31H27BrN2O3/c1-31(2,3)21-14-16-22(17-15-21)33(28(35)23-10-4-5-13-26(23)32)18-19-34-29(36)24-11-6-8-20-9-7-12-25(27(20)24)30(34)37/h4-17H,18-19H2,1-3H3. The lowest BCUT2D eigenvalue weighted by Crippen LogP contribution is -2.46. The van der Waals surface area contributed by atoms with Gasteiger partial charge >= 0.3 is 0 Å². The molecule has 0 unspecified atom stereocenters. The molecule has 0 bridgehead atoms. The molecule has 0 fully saturated rings. The summed E-state index contributed by atoms with van der Waals surface area (Å²) in [5.74, 6) is -0.897. The molecule has 0 saturated carbocycles. The Hall–Kier alpha value is -3.77. The van der Waals surface area contributed by atoms with Crippen molar-refractivity contribution in [3.8, 4) is 0 Å². The zero-order valence-corrected chi connectivity index (χ0v) is 22.6. The highest BCUT2D eigenvalue weighted by molar-refractivity contribution is 9.10. The second-order valence-electron chi connectivity index (χ2n) is 10.2. The van der Waals surface area contributed by atoms with E-state index >= 15 is 0 Å². The SMILES string of the molecule is CC(C)(C)c1ccc(N(CCN2C(=O)c3cccc4cccc(c34)C2=O)C(=O)c2ccccc2Br)cc1. The maximum absolute atomic E-state index is 13.7. The Balaban J connectivity index is 1.49. The minimum atomic E-state index is -0.342. The van der Waals surface area contributed by atoms with Gasteiger partial charge in [0.1, 0.15) is 0 Å². The summed E-state index contributed by atoms with van der Waals surface area (Å²) in [4.78, 5) is 43.4. The first-order valence-corrected chi connectivity index (χ1v) is 13.0. The predicted octanol–water partition coefficient (Wildman–Crippen LogP) is 6.84. The molecule has 5 rings (SSSR count). The van der Waals surface area contributed by atoms with Crippen molar-refractivity contribution in [2.24, 2.45) is 0 Å². The van der Waals surface area contributed by atoms with Crippen molar-refractivity contribution < 1.29 is 14.4 Å². The first-order valence-electron chi connectivity index (χ1n) is 12.2. The molecule has 0 spiro atoms. The van der Waals surface area contributed by atoms with Crippen molar-refractivity contribution in [2.45, 2.75) is 26.2 Å². The van der Waals surface area contributed by atoms with E-state index in [-0.39, 0.29) is 36.2 Å². The van der Waals surface area contributed by atoms with E-state index in [0.717, 1.165) is 10.9 Å². The lowest BCUT2D eigenvalue weighted by molar-refractivity contribution is 0.0611.